The fourth-order valence-corrected chi connectivity index (χ4v) is 3.57. The summed E-state index contributed by atoms with van der Waals surface area (Å²) in [5.74, 6) is 1.32. The molecule has 1 saturated heterocycles. The van der Waals surface area contributed by atoms with Crippen molar-refractivity contribution in [3.8, 4) is 0 Å². The minimum atomic E-state index is 0.576. The summed E-state index contributed by atoms with van der Waals surface area (Å²) in [6, 6.07) is 2.69. The Morgan fingerprint density at radius 2 is 2.60 bits per heavy atom. The SMILES string of the molecule is CNC(Cc1ccn(C)n1)C1CCCS1. The van der Waals surface area contributed by atoms with Gasteiger partial charge in [-0.25, -0.2) is 0 Å². The van der Waals surface area contributed by atoms with E-state index in [1.165, 1.54) is 24.3 Å². The predicted molar refractivity (Wildman–Crippen MR) is 65.2 cm³/mol. The van der Waals surface area contributed by atoms with Crippen molar-refractivity contribution in [3.05, 3.63) is 18.0 Å². The van der Waals surface area contributed by atoms with Crippen LogP contribution in [0.2, 0.25) is 0 Å². The summed E-state index contributed by atoms with van der Waals surface area (Å²) in [7, 11) is 4.04. The van der Waals surface area contributed by atoms with E-state index in [0.717, 1.165) is 11.7 Å². The summed E-state index contributed by atoms with van der Waals surface area (Å²) in [6.07, 6.45) is 5.79. The molecule has 1 aromatic heterocycles. The molecular weight excluding hydrogens is 206 g/mol. The van der Waals surface area contributed by atoms with Crippen molar-refractivity contribution in [2.24, 2.45) is 7.05 Å². The van der Waals surface area contributed by atoms with Crippen LogP contribution in [0.4, 0.5) is 0 Å². The van der Waals surface area contributed by atoms with E-state index in [1.807, 2.05) is 17.9 Å². The first-order valence-corrected chi connectivity index (χ1v) is 6.62. The van der Waals surface area contributed by atoms with Gasteiger partial charge in [-0.3, -0.25) is 4.68 Å². The molecule has 0 amide bonds. The van der Waals surface area contributed by atoms with Crippen LogP contribution in [0.5, 0.6) is 0 Å². The quantitative estimate of drug-likeness (QED) is 0.841. The molecule has 1 N–H and O–H groups in total. The highest BCUT2D eigenvalue weighted by Gasteiger charge is 2.24. The first-order chi connectivity index (χ1) is 7.29. The summed E-state index contributed by atoms with van der Waals surface area (Å²) in [5.41, 5.74) is 1.20. The van der Waals surface area contributed by atoms with E-state index >= 15 is 0 Å². The van der Waals surface area contributed by atoms with Gasteiger partial charge in [-0.1, -0.05) is 0 Å². The van der Waals surface area contributed by atoms with Gasteiger partial charge in [0.2, 0.25) is 0 Å². The Bertz CT molecular complexity index is 305. The van der Waals surface area contributed by atoms with Gasteiger partial charge in [0.25, 0.3) is 0 Å². The van der Waals surface area contributed by atoms with Crippen LogP contribution in [0.25, 0.3) is 0 Å². The van der Waals surface area contributed by atoms with Gasteiger partial charge in [0, 0.05) is 31.0 Å². The lowest BCUT2D eigenvalue weighted by Crippen LogP contribution is -2.36. The molecule has 0 radical (unpaired) electrons. The van der Waals surface area contributed by atoms with Gasteiger partial charge < -0.3 is 5.32 Å². The Morgan fingerprint density at radius 1 is 1.73 bits per heavy atom. The fourth-order valence-electron chi connectivity index (χ4n) is 2.14. The average molecular weight is 225 g/mol. The number of aryl methyl sites for hydroxylation is 1. The van der Waals surface area contributed by atoms with Crippen molar-refractivity contribution in [1.29, 1.82) is 0 Å². The third-order valence-corrected chi connectivity index (χ3v) is 4.50. The number of nitrogens with zero attached hydrogens (tertiary/aromatic N) is 2. The Balaban J connectivity index is 1.95. The van der Waals surface area contributed by atoms with Crippen molar-refractivity contribution in [1.82, 2.24) is 15.1 Å². The second kappa shape index (κ2) is 5.03. The van der Waals surface area contributed by atoms with Crippen molar-refractivity contribution in [2.75, 3.05) is 12.8 Å². The number of hydrogen-bond acceptors (Lipinski definition) is 3. The second-order valence-electron chi connectivity index (χ2n) is 4.13. The monoisotopic (exact) mass is 225 g/mol. The summed E-state index contributed by atoms with van der Waals surface area (Å²) < 4.78 is 1.88. The van der Waals surface area contributed by atoms with Gasteiger partial charge in [0.15, 0.2) is 0 Å². The van der Waals surface area contributed by atoms with E-state index in [2.05, 4.69) is 35.3 Å². The number of rotatable bonds is 4. The molecule has 3 nitrogen and oxygen atoms in total. The number of likely N-dealkylation sites (N-methyl/N-ethyl adjacent to an activating group) is 1. The zero-order valence-corrected chi connectivity index (χ0v) is 10.3. The van der Waals surface area contributed by atoms with Crippen LogP contribution < -0.4 is 5.32 Å². The van der Waals surface area contributed by atoms with Crippen LogP contribution in [-0.2, 0) is 13.5 Å². The molecule has 15 heavy (non-hydrogen) atoms. The van der Waals surface area contributed by atoms with Gasteiger partial charge >= 0.3 is 0 Å². The molecule has 4 heteroatoms. The Hall–Kier alpha value is -0.480. The van der Waals surface area contributed by atoms with E-state index in [0.29, 0.717) is 6.04 Å². The molecule has 0 bridgehead atoms. The molecule has 1 aliphatic rings. The lowest BCUT2D eigenvalue weighted by Gasteiger charge is -2.21. The summed E-state index contributed by atoms with van der Waals surface area (Å²) in [6.45, 7) is 0. The smallest absolute Gasteiger partial charge is 0.0640 e. The molecule has 2 atom stereocenters. The first-order valence-electron chi connectivity index (χ1n) is 5.57. The predicted octanol–water partition coefficient (Wildman–Crippen LogP) is 1.45. The molecule has 2 unspecified atom stereocenters. The minimum Gasteiger partial charge on any atom is -0.316 e. The summed E-state index contributed by atoms with van der Waals surface area (Å²) in [5, 5.41) is 8.64. The van der Waals surface area contributed by atoms with Crippen LogP contribution in [0, 0.1) is 0 Å². The summed E-state index contributed by atoms with van der Waals surface area (Å²) in [4.78, 5) is 0. The van der Waals surface area contributed by atoms with Crippen LogP contribution in [0.15, 0.2) is 12.3 Å². The zero-order valence-electron chi connectivity index (χ0n) is 9.44. The standard InChI is InChI=1S/C11H19N3S/c1-12-10(11-4-3-7-15-11)8-9-5-6-14(2)13-9/h5-6,10-12H,3-4,7-8H2,1-2H3. The Kier molecular flexibility index (Phi) is 3.70. The highest BCUT2D eigenvalue weighted by Crippen LogP contribution is 2.29. The Labute approximate surface area is 95.6 Å². The molecule has 1 aliphatic heterocycles. The maximum Gasteiger partial charge on any atom is 0.0640 e. The maximum atomic E-state index is 4.44. The molecular formula is C11H19N3S. The molecule has 2 heterocycles. The number of hydrogen-bond donors (Lipinski definition) is 1. The third kappa shape index (κ3) is 2.75. The van der Waals surface area contributed by atoms with Crippen LogP contribution in [-0.4, -0.2) is 33.9 Å². The van der Waals surface area contributed by atoms with Gasteiger partial charge in [0.1, 0.15) is 0 Å². The van der Waals surface area contributed by atoms with Crippen molar-refractivity contribution >= 4 is 11.8 Å². The van der Waals surface area contributed by atoms with E-state index in [4.69, 9.17) is 0 Å². The highest BCUT2D eigenvalue weighted by atomic mass is 32.2. The van der Waals surface area contributed by atoms with Crippen molar-refractivity contribution in [2.45, 2.75) is 30.6 Å². The van der Waals surface area contributed by atoms with Crippen LogP contribution >= 0.6 is 11.8 Å². The highest BCUT2D eigenvalue weighted by molar-refractivity contribution is 8.00. The first kappa shape index (κ1) is 11.0. The Morgan fingerprint density at radius 3 is 3.13 bits per heavy atom. The van der Waals surface area contributed by atoms with Gasteiger partial charge in [-0.05, 0) is 31.7 Å². The molecule has 1 fully saturated rings. The van der Waals surface area contributed by atoms with E-state index in [9.17, 15) is 0 Å². The molecule has 1 aromatic rings. The lowest BCUT2D eigenvalue weighted by atomic mass is 10.0. The third-order valence-electron chi connectivity index (χ3n) is 2.98. The van der Waals surface area contributed by atoms with Crippen molar-refractivity contribution < 1.29 is 0 Å². The molecule has 0 aliphatic carbocycles. The van der Waals surface area contributed by atoms with E-state index in [-0.39, 0.29) is 0 Å². The number of aromatic nitrogens is 2. The van der Waals surface area contributed by atoms with Gasteiger partial charge in [0.05, 0.1) is 5.69 Å². The largest absolute Gasteiger partial charge is 0.316 e. The number of nitrogens with one attached hydrogen (secondary N) is 1. The molecule has 0 aromatic carbocycles. The minimum absolute atomic E-state index is 0.576. The van der Waals surface area contributed by atoms with E-state index in [1.54, 1.807) is 0 Å². The lowest BCUT2D eigenvalue weighted by molar-refractivity contribution is 0.516. The molecule has 2 rings (SSSR count). The molecule has 84 valence electrons. The second-order valence-corrected chi connectivity index (χ2v) is 5.48. The summed E-state index contributed by atoms with van der Waals surface area (Å²) >= 11 is 2.10. The molecule has 0 saturated carbocycles. The topological polar surface area (TPSA) is 29.9 Å². The zero-order chi connectivity index (χ0) is 10.7. The van der Waals surface area contributed by atoms with Crippen LogP contribution in [0.3, 0.4) is 0 Å². The van der Waals surface area contributed by atoms with Gasteiger partial charge in [-0.15, -0.1) is 0 Å². The fraction of sp³-hybridized carbons (Fsp3) is 0.727. The normalized spacial score (nSPS) is 23.2. The average Bonchev–Trinajstić information content (AvgIpc) is 2.85. The van der Waals surface area contributed by atoms with E-state index < -0.39 is 0 Å². The number of thioether (sulfide) groups is 1. The van der Waals surface area contributed by atoms with Gasteiger partial charge in [-0.2, -0.15) is 16.9 Å². The molecule has 0 spiro atoms. The van der Waals surface area contributed by atoms with Crippen molar-refractivity contribution in [3.63, 3.8) is 0 Å². The maximum absolute atomic E-state index is 4.44. The van der Waals surface area contributed by atoms with Crippen LogP contribution in [0.1, 0.15) is 18.5 Å².